The number of hydrogen-bond acceptors (Lipinski definition) is 8. The van der Waals surface area contributed by atoms with E-state index in [9.17, 15) is 18.0 Å². The number of nitrogens with one attached hydrogen (secondary N) is 2. The molecule has 3 heterocycles. The molecule has 0 spiro atoms. The van der Waals surface area contributed by atoms with Crippen molar-refractivity contribution in [2.24, 2.45) is 5.92 Å². The van der Waals surface area contributed by atoms with E-state index in [0.29, 0.717) is 59.1 Å². The van der Waals surface area contributed by atoms with Crippen LogP contribution in [-0.2, 0) is 20.4 Å². The van der Waals surface area contributed by atoms with Gasteiger partial charge in [-0.2, -0.15) is 13.2 Å². The summed E-state index contributed by atoms with van der Waals surface area (Å²) in [6.07, 6.45) is -4.43. The predicted octanol–water partition coefficient (Wildman–Crippen LogP) is 1.82. The Labute approximate surface area is 165 Å². The summed E-state index contributed by atoms with van der Waals surface area (Å²) in [7, 11) is 0. The Kier molecular flexibility index (Phi) is 7.31. The number of amides is 1. The van der Waals surface area contributed by atoms with E-state index in [4.69, 9.17) is 14.2 Å². The van der Waals surface area contributed by atoms with E-state index in [1.165, 1.54) is 11.0 Å². The Morgan fingerprint density at radius 2 is 1.72 bits per heavy atom. The molecule has 2 N–H and O–H groups in total. The van der Waals surface area contributed by atoms with Gasteiger partial charge >= 0.3 is 12.3 Å². The molecule has 0 aromatic carbocycles. The first-order chi connectivity index (χ1) is 13.9. The SMILES string of the molecule is O=C1OCCN1CCNc1cc(NCCC2COCCOC2)nc(C(F)(F)F)n1. The molecule has 0 unspecified atom stereocenters. The van der Waals surface area contributed by atoms with Crippen LogP contribution in [-0.4, -0.2) is 80.2 Å². The van der Waals surface area contributed by atoms with Gasteiger partial charge in [-0.3, -0.25) is 0 Å². The second-order valence-electron chi connectivity index (χ2n) is 6.72. The van der Waals surface area contributed by atoms with E-state index >= 15 is 0 Å². The Morgan fingerprint density at radius 3 is 2.31 bits per heavy atom. The third-order valence-corrected chi connectivity index (χ3v) is 4.45. The average Bonchev–Trinajstić information content (AvgIpc) is 2.91. The van der Waals surface area contributed by atoms with Crippen molar-refractivity contribution in [1.82, 2.24) is 14.9 Å². The summed E-state index contributed by atoms with van der Waals surface area (Å²) in [5, 5.41) is 5.73. The fourth-order valence-corrected chi connectivity index (χ4v) is 2.94. The number of carbonyl (C=O) groups excluding carboxylic acids is 1. The molecule has 1 aromatic rings. The van der Waals surface area contributed by atoms with Gasteiger partial charge in [0.1, 0.15) is 18.2 Å². The average molecular weight is 419 g/mol. The minimum atomic E-state index is -4.67. The zero-order valence-corrected chi connectivity index (χ0v) is 15.8. The molecule has 1 amide bonds. The molecule has 2 aliphatic heterocycles. The lowest BCUT2D eigenvalue weighted by molar-refractivity contribution is -0.144. The minimum Gasteiger partial charge on any atom is -0.448 e. The van der Waals surface area contributed by atoms with Crippen LogP contribution in [0.3, 0.4) is 0 Å². The fraction of sp³-hybridized carbons (Fsp3) is 0.706. The van der Waals surface area contributed by atoms with Gasteiger partial charge in [0.15, 0.2) is 0 Å². The van der Waals surface area contributed by atoms with Crippen LogP contribution in [0, 0.1) is 5.92 Å². The zero-order chi connectivity index (χ0) is 20.7. The summed E-state index contributed by atoms with van der Waals surface area (Å²) in [5.41, 5.74) is 0. The molecular weight excluding hydrogens is 395 g/mol. The maximum atomic E-state index is 13.1. The molecule has 0 radical (unpaired) electrons. The first-order valence-electron chi connectivity index (χ1n) is 9.43. The van der Waals surface area contributed by atoms with Crippen molar-refractivity contribution in [2.45, 2.75) is 12.6 Å². The van der Waals surface area contributed by atoms with Crippen LogP contribution in [0.15, 0.2) is 6.07 Å². The highest BCUT2D eigenvalue weighted by molar-refractivity contribution is 5.69. The molecule has 0 atom stereocenters. The van der Waals surface area contributed by atoms with Gasteiger partial charge in [0.25, 0.3) is 0 Å². The van der Waals surface area contributed by atoms with Crippen LogP contribution in [0.4, 0.5) is 29.6 Å². The third-order valence-electron chi connectivity index (χ3n) is 4.45. The van der Waals surface area contributed by atoms with E-state index < -0.39 is 18.1 Å². The highest BCUT2D eigenvalue weighted by atomic mass is 19.4. The van der Waals surface area contributed by atoms with E-state index in [0.717, 1.165) is 0 Å². The summed E-state index contributed by atoms with van der Waals surface area (Å²) < 4.78 is 55.1. The first kappa shape index (κ1) is 21.4. The molecule has 2 fully saturated rings. The minimum absolute atomic E-state index is 0.0310. The van der Waals surface area contributed by atoms with Crippen LogP contribution in [0.1, 0.15) is 12.2 Å². The first-order valence-corrected chi connectivity index (χ1v) is 9.43. The van der Waals surface area contributed by atoms with Crippen molar-refractivity contribution in [2.75, 3.05) is 69.8 Å². The lowest BCUT2D eigenvalue weighted by Crippen LogP contribution is -2.30. The summed E-state index contributed by atoms with van der Waals surface area (Å²) >= 11 is 0. The topological polar surface area (TPSA) is 97.8 Å². The standard InChI is InChI=1S/C17H24F3N5O4/c18-17(19,20)15-23-13(21-2-1-12-10-27-7-8-28-11-12)9-14(24-15)22-3-4-25-5-6-29-16(25)26/h9,12H,1-8,10-11H2,(H2,21,22,23,24). The molecule has 0 bridgehead atoms. The van der Waals surface area contributed by atoms with Crippen LogP contribution in [0.2, 0.25) is 0 Å². The highest BCUT2D eigenvalue weighted by Crippen LogP contribution is 2.28. The zero-order valence-electron chi connectivity index (χ0n) is 15.8. The highest BCUT2D eigenvalue weighted by Gasteiger charge is 2.35. The van der Waals surface area contributed by atoms with Crippen molar-refractivity contribution in [3.05, 3.63) is 11.9 Å². The maximum absolute atomic E-state index is 13.1. The molecule has 9 nitrogen and oxygen atoms in total. The number of ether oxygens (including phenoxy) is 3. The number of carbonyl (C=O) groups is 1. The molecule has 2 saturated heterocycles. The molecular formula is C17H24F3N5O4. The molecule has 1 aromatic heterocycles. The van der Waals surface area contributed by atoms with Gasteiger partial charge in [-0.05, 0) is 6.42 Å². The van der Waals surface area contributed by atoms with Crippen molar-refractivity contribution < 1.29 is 32.2 Å². The van der Waals surface area contributed by atoms with E-state index in [2.05, 4.69) is 20.6 Å². The second kappa shape index (κ2) is 9.92. The van der Waals surface area contributed by atoms with Crippen LogP contribution in [0.5, 0.6) is 0 Å². The second-order valence-corrected chi connectivity index (χ2v) is 6.72. The largest absolute Gasteiger partial charge is 0.451 e. The number of halogens is 3. The van der Waals surface area contributed by atoms with Gasteiger partial charge < -0.3 is 29.7 Å². The van der Waals surface area contributed by atoms with Crippen molar-refractivity contribution >= 4 is 17.7 Å². The summed E-state index contributed by atoms with van der Waals surface area (Å²) in [4.78, 5) is 20.0. The molecule has 0 saturated carbocycles. The Morgan fingerprint density at radius 1 is 1.07 bits per heavy atom. The Balaban J connectivity index is 1.56. The Bertz CT molecular complexity index is 684. The van der Waals surface area contributed by atoms with Crippen LogP contribution >= 0.6 is 0 Å². The van der Waals surface area contributed by atoms with E-state index in [-0.39, 0.29) is 24.1 Å². The number of alkyl halides is 3. The molecule has 2 aliphatic rings. The van der Waals surface area contributed by atoms with Crippen molar-refractivity contribution in [3.8, 4) is 0 Å². The number of cyclic esters (lactones) is 1. The smallest absolute Gasteiger partial charge is 0.448 e. The molecule has 162 valence electrons. The predicted molar refractivity (Wildman–Crippen MR) is 96.7 cm³/mol. The monoisotopic (exact) mass is 419 g/mol. The lowest BCUT2D eigenvalue weighted by Gasteiger charge is -2.16. The van der Waals surface area contributed by atoms with Gasteiger partial charge in [0.2, 0.25) is 5.82 Å². The number of hydrogen-bond donors (Lipinski definition) is 2. The summed E-state index contributed by atoms with van der Waals surface area (Å²) in [5.74, 6) is -0.951. The van der Waals surface area contributed by atoms with Crippen molar-refractivity contribution in [3.63, 3.8) is 0 Å². The molecule has 0 aliphatic carbocycles. The van der Waals surface area contributed by atoms with Crippen LogP contribution in [0.25, 0.3) is 0 Å². The maximum Gasteiger partial charge on any atom is 0.451 e. The Hall–Kier alpha value is -2.34. The molecule has 29 heavy (non-hydrogen) atoms. The molecule has 3 rings (SSSR count). The van der Waals surface area contributed by atoms with Gasteiger partial charge in [-0.1, -0.05) is 0 Å². The van der Waals surface area contributed by atoms with Gasteiger partial charge in [0, 0.05) is 31.6 Å². The summed E-state index contributed by atoms with van der Waals surface area (Å²) in [6, 6.07) is 1.41. The number of anilines is 2. The fourth-order valence-electron chi connectivity index (χ4n) is 2.94. The normalized spacial score (nSPS) is 18.4. The third kappa shape index (κ3) is 6.60. The van der Waals surface area contributed by atoms with Gasteiger partial charge in [0.05, 0.1) is 33.0 Å². The number of nitrogens with zero attached hydrogens (tertiary/aromatic N) is 3. The van der Waals surface area contributed by atoms with Crippen molar-refractivity contribution in [1.29, 1.82) is 0 Å². The number of rotatable bonds is 8. The van der Waals surface area contributed by atoms with E-state index in [1.54, 1.807) is 0 Å². The van der Waals surface area contributed by atoms with Gasteiger partial charge in [-0.25, -0.2) is 14.8 Å². The summed E-state index contributed by atoms with van der Waals surface area (Å²) in [6.45, 7) is 3.95. The van der Waals surface area contributed by atoms with Gasteiger partial charge in [-0.15, -0.1) is 0 Å². The van der Waals surface area contributed by atoms with E-state index in [1.807, 2.05) is 0 Å². The van der Waals surface area contributed by atoms with Crippen LogP contribution < -0.4 is 10.6 Å². The number of aromatic nitrogens is 2. The quantitative estimate of drug-likeness (QED) is 0.659. The molecule has 12 heteroatoms. The lowest BCUT2D eigenvalue weighted by atomic mass is 10.1.